The maximum atomic E-state index is 13.4. The maximum Gasteiger partial charge on any atom is 0.285 e. The number of hydrogen-bond acceptors (Lipinski definition) is 5. The van der Waals surface area contributed by atoms with Gasteiger partial charge in [-0.3, -0.25) is 4.79 Å². The standard InChI is InChI=1S/C24H25N5O3S/c1-28-15-13-25-23(28)21(17-8-3-2-4-9-17)26-24(30)18-10-7-14-29(16-18)22-19-11-5-6-12-20(19)33(31,32)27-22/h2-6,8-9,11-13,15,18,21H,7,10,14,16H2,1H3,(H,26,30)/t18-,21+/m0/s1. The van der Waals surface area contributed by atoms with Gasteiger partial charge in [0.05, 0.1) is 5.92 Å². The van der Waals surface area contributed by atoms with Crippen LogP contribution >= 0.6 is 0 Å². The molecule has 33 heavy (non-hydrogen) atoms. The Morgan fingerprint density at radius 2 is 1.88 bits per heavy atom. The van der Waals surface area contributed by atoms with Crippen molar-refractivity contribution in [2.75, 3.05) is 13.1 Å². The second-order valence-corrected chi connectivity index (χ2v) is 9.99. The Balaban J connectivity index is 1.38. The lowest BCUT2D eigenvalue weighted by atomic mass is 9.95. The number of carbonyl (C=O) groups is 1. The van der Waals surface area contributed by atoms with Crippen LogP contribution in [-0.2, 0) is 21.9 Å². The highest BCUT2D eigenvalue weighted by molar-refractivity contribution is 7.90. The highest BCUT2D eigenvalue weighted by atomic mass is 32.2. The first-order chi connectivity index (χ1) is 15.9. The van der Waals surface area contributed by atoms with Gasteiger partial charge in [-0.25, -0.2) is 4.98 Å². The molecule has 2 atom stereocenters. The van der Waals surface area contributed by atoms with E-state index >= 15 is 0 Å². The minimum atomic E-state index is -3.70. The smallest absolute Gasteiger partial charge is 0.285 e. The molecule has 3 heterocycles. The number of aromatic nitrogens is 2. The molecule has 1 aromatic heterocycles. The van der Waals surface area contributed by atoms with Crippen LogP contribution in [-0.4, -0.2) is 47.7 Å². The van der Waals surface area contributed by atoms with Crippen molar-refractivity contribution in [1.82, 2.24) is 19.8 Å². The molecule has 0 aliphatic carbocycles. The van der Waals surface area contributed by atoms with Gasteiger partial charge in [0.15, 0.2) is 5.84 Å². The van der Waals surface area contributed by atoms with E-state index in [0.29, 0.717) is 24.5 Å². The first-order valence-corrected chi connectivity index (χ1v) is 12.4. The summed E-state index contributed by atoms with van der Waals surface area (Å²) < 4.78 is 30.9. The number of piperidine rings is 1. The van der Waals surface area contributed by atoms with Crippen molar-refractivity contribution < 1.29 is 13.2 Å². The van der Waals surface area contributed by atoms with Crippen molar-refractivity contribution in [3.05, 3.63) is 83.9 Å². The molecule has 0 unspecified atom stereocenters. The van der Waals surface area contributed by atoms with Gasteiger partial charge in [-0.2, -0.15) is 8.42 Å². The van der Waals surface area contributed by atoms with Crippen LogP contribution in [0.1, 0.15) is 35.8 Å². The van der Waals surface area contributed by atoms with E-state index in [1.54, 1.807) is 30.5 Å². The summed E-state index contributed by atoms with van der Waals surface area (Å²) in [5, 5.41) is 3.19. The zero-order valence-electron chi connectivity index (χ0n) is 18.3. The summed E-state index contributed by atoms with van der Waals surface area (Å²) in [5.41, 5.74) is 1.56. The number of aryl methyl sites for hydroxylation is 1. The first-order valence-electron chi connectivity index (χ1n) is 11.0. The number of amidine groups is 1. The Bertz CT molecular complexity index is 1320. The monoisotopic (exact) mass is 463 g/mol. The highest BCUT2D eigenvalue weighted by Crippen LogP contribution is 2.30. The van der Waals surface area contributed by atoms with E-state index in [0.717, 1.165) is 24.2 Å². The van der Waals surface area contributed by atoms with Crippen LogP contribution < -0.4 is 5.32 Å². The quantitative estimate of drug-likeness (QED) is 0.641. The Labute approximate surface area is 193 Å². The number of sulfonamides is 1. The largest absolute Gasteiger partial charge is 0.355 e. The third-order valence-electron chi connectivity index (χ3n) is 6.24. The number of imidazole rings is 1. The Hall–Kier alpha value is -3.46. The second kappa shape index (κ2) is 8.47. The molecule has 170 valence electrons. The number of fused-ring (bicyclic) bond motifs is 1. The van der Waals surface area contributed by atoms with Gasteiger partial charge >= 0.3 is 0 Å². The minimum absolute atomic E-state index is 0.0775. The molecular weight excluding hydrogens is 438 g/mol. The van der Waals surface area contributed by atoms with Gasteiger partial charge < -0.3 is 14.8 Å². The average molecular weight is 464 g/mol. The third kappa shape index (κ3) is 4.04. The van der Waals surface area contributed by atoms with Crippen LogP contribution in [0.3, 0.4) is 0 Å². The van der Waals surface area contributed by atoms with Gasteiger partial charge in [-0.05, 0) is 30.5 Å². The van der Waals surface area contributed by atoms with Crippen LogP contribution in [0.5, 0.6) is 0 Å². The van der Waals surface area contributed by atoms with Gasteiger partial charge in [0, 0.05) is 38.1 Å². The predicted octanol–water partition coefficient (Wildman–Crippen LogP) is 2.49. The lowest BCUT2D eigenvalue weighted by Crippen LogP contribution is -2.46. The van der Waals surface area contributed by atoms with Crippen molar-refractivity contribution in [2.45, 2.75) is 23.8 Å². The highest BCUT2D eigenvalue weighted by Gasteiger charge is 2.36. The SMILES string of the molecule is Cn1ccnc1[C@H](NC(=O)[C@H]1CCCN(C2=NS(=O)(=O)c3ccccc32)C1)c1ccccc1. The van der Waals surface area contributed by atoms with Crippen molar-refractivity contribution in [1.29, 1.82) is 0 Å². The van der Waals surface area contributed by atoms with Crippen LogP contribution in [0, 0.1) is 5.92 Å². The topological polar surface area (TPSA) is 96.7 Å². The molecule has 0 bridgehead atoms. The van der Waals surface area contributed by atoms with Gasteiger partial charge in [0.2, 0.25) is 5.91 Å². The maximum absolute atomic E-state index is 13.4. The van der Waals surface area contributed by atoms with Crippen LogP contribution in [0.4, 0.5) is 0 Å². The summed E-state index contributed by atoms with van der Waals surface area (Å²) in [5.74, 6) is 0.823. The van der Waals surface area contributed by atoms with Gasteiger partial charge in [-0.1, -0.05) is 42.5 Å². The fourth-order valence-corrected chi connectivity index (χ4v) is 5.79. The van der Waals surface area contributed by atoms with Gasteiger partial charge in [0.1, 0.15) is 16.8 Å². The van der Waals surface area contributed by atoms with Gasteiger partial charge in [-0.15, -0.1) is 4.40 Å². The fourth-order valence-electron chi connectivity index (χ4n) is 4.56. The lowest BCUT2D eigenvalue weighted by molar-refractivity contribution is -0.126. The van der Waals surface area contributed by atoms with Crippen molar-refractivity contribution in [3.63, 3.8) is 0 Å². The van der Waals surface area contributed by atoms with E-state index in [1.807, 2.05) is 53.0 Å². The molecule has 1 amide bonds. The second-order valence-electron chi connectivity index (χ2n) is 8.42. The third-order valence-corrected chi connectivity index (χ3v) is 7.57. The van der Waals surface area contributed by atoms with Gasteiger partial charge in [0.25, 0.3) is 10.0 Å². The minimum Gasteiger partial charge on any atom is -0.355 e. The predicted molar refractivity (Wildman–Crippen MR) is 124 cm³/mol. The molecule has 0 radical (unpaired) electrons. The number of carbonyl (C=O) groups excluding carboxylic acids is 1. The summed E-state index contributed by atoms with van der Waals surface area (Å²) in [4.78, 5) is 20.0. The lowest BCUT2D eigenvalue weighted by Gasteiger charge is -2.34. The number of nitrogens with one attached hydrogen (secondary N) is 1. The molecular formula is C24H25N5O3S. The van der Waals surface area contributed by atoms with E-state index in [2.05, 4.69) is 14.7 Å². The van der Waals surface area contributed by atoms with E-state index in [-0.39, 0.29) is 22.8 Å². The first kappa shape index (κ1) is 21.4. The van der Waals surface area contributed by atoms with E-state index in [4.69, 9.17) is 0 Å². The zero-order valence-corrected chi connectivity index (χ0v) is 19.1. The van der Waals surface area contributed by atoms with Crippen LogP contribution in [0.25, 0.3) is 0 Å². The molecule has 2 aliphatic heterocycles. The van der Waals surface area contributed by atoms with Crippen molar-refractivity contribution >= 4 is 21.8 Å². The molecule has 0 spiro atoms. The molecule has 9 heteroatoms. The zero-order chi connectivity index (χ0) is 23.0. The molecule has 2 aliphatic rings. The van der Waals surface area contributed by atoms with Crippen LogP contribution in [0.15, 0.2) is 76.3 Å². The Morgan fingerprint density at radius 3 is 2.64 bits per heavy atom. The number of likely N-dealkylation sites (tertiary alicyclic amines) is 1. The van der Waals surface area contributed by atoms with E-state index < -0.39 is 10.0 Å². The number of benzene rings is 2. The number of nitrogens with zero attached hydrogens (tertiary/aromatic N) is 4. The molecule has 2 aromatic carbocycles. The van der Waals surface area contributed by atoms with E-state index in [9.17, 15) is 13.2 Å². The fraction of sp³-hybridized carbons (Fsp3) is 0.292. The summed E-state index contributed by atoms with van der Waals surface area (Å²) in [6.07, 6.45) is 5.08. The Morgan fingerprint density at radius 1 is 1.12 bits per heavy atom. The molecule has 1 N–H and O–H groups in total. The number of hydrogen-bond donors (Lipinski definition) is 1. The molecule has 3 aromatic rings. The van der Waals surface area contributed by atoms with Crippen molar-refractivity contribution in [2.24, 2.45) is 17.4 Å². The molecule has 1 fully saturated rings. The summed E-state index contributed by atoms with van der Waals surface area (Å²) >= 11 is 0. The summed E-state index contributed by atoms with van der Waals surface area (Å²) in [7, 11) is -1.79. The Kier molecular flexibility index (Phi) is 5.49. The average Bonchev–Trinajstić information content (AvgIpc) is 3.38. The number of rotatable bonds is 4. The summed E-state index contributed by atoms with van der Waals surface area (Å²) in [6.45, 7) is 1.07. The van der Waals surface area contributed by atoms with Crippen LogP contribution in [0.2, 0.25) is 0 Å². The molecule has 8 nitrogen and oxygen atoms in total. The normalized spacial score (nSPS) is 20.1. The van der Waals surface area contributed by atoms with Crippen molar-refractivity contribution in [3.8, 4) is 0 Å². The molecule has 1 saturated heterocycles. The molecule has 0 saturated carbocycles. The van der Waals surface area contributed by atoms with E-state index in [1.165, 1.54) is 0 Å². The summed E-state index contributed by atoms with van der Waals surface area (Å²) in [6, 6.07) is 16.2. The molecule has 5 rings (SSSR count). The number of amides is 1.